The lowest BCUT2D eigenvalue weighted by atomic mass is 9.95. The number of aliphatic hydroxyl groups is 3. The first kappa shape index (κ1) is 97.1. The quantitative estimate of drug-likeness (QED) is 0.0196. The molecule has 16 N–H and O–H groups in total. The summed E-state index contributed by atoms with van der Waals surface area (Å²) in [6, 6.07) is -19.1. The molecule has 634 valence electrons. The molecule has 0 bridgehead atoms. The van der Waals surface area contributed by atoms with Gasteiger partial charge in [0.25, 0.3) is 5.91 Å². The molecule has 0 spiro atoms. The number of esters is 1. The summed E-state index contributed by atoms with van der Waals surface area (Å²) in [7, 11) is 4.39. The third-order valence-electron chi connectivity index (χ3n) is 20.5. The van der Waals surface area contributed by atoms with Crippen LogP contribution < -0.4 is 69.1 Å². The molecule has 0 aromatic heterocycles. The van der Waals surface area contributed by atoms with Gasteiger partial charge in [-0.15, -0.1) is 0 Å². The van der Waals surface area contributed by atoms with Crippen molar-refractivity contribution in [3.05, 3.63) is 11.8 Å². The van der Waals surface area contributed by atoms with Crippen molar-refractivity contribution < 1.29 is 92.0 Å². The molecule has 0 aromatic carbocycles. The fourth-order valence-electron chi connectivity index (χ4n) is 13.4. The van der Waals surface area contributed by atoms with Gasteiger partial charge in [0.05, 0.1) is 31.4 Å². The van der Waals surface area contributed by atoms with Crippen molar-refractivity contribution in [2.45, 2.75) is 298 Å². The topological polar surface area (TPSA) is 504 Å². The number of hydrogen-bond donors (Lipinski definition) is 16. The smallest absolute Gasteiger partial charge is 0.331 e. The van der Waals surface area contributed by atoms with E-state index in [1.165, 1.54) is 86.2 Å². The molecular formula is C76H131N17O19. The minimum absolute atomic E-state index is 0.149. The Balaban J connectivity index is 1.92. The molecule has 3 aliphatic rings. The number of likely N-dealkylation sites (tertiary alicyclic amines) is 1. The predicted octanol–water partition coefficient (Wildman–Crippen LogP) is -1.62. The van der Waals surface area contributed by atoms with E-state index < -0.39 is 228 Å². The number of ether oxygens (including phenoxy) is 1. The Labute approximate surface area is 659 Å². The Morgan fingerprint density at radius 1 is 0.652 bits per heavy atom. The number of allylic oxidation sites excluding steroid dienone is 1. The number of amides is 14. The predicted molar refractivity (Wildman–Crippen MR) is 415 cm³/mol. The number of aliphatic imine (C=N–C) groups is 1. The van der Waals surface area contributed by atoms with Crippen LogP contribution in [-0.4, -0.2) is 269 Å². The van der Waals surface area contributed by atoms with Crippen LogP contribution in [0.5, 0.6) is 0 Å². The van der Waals surface area contributed by atoms with Crippen molar-refractivity contribution in [3.63, 3.8) is 0 Å². The van der Waals surface area contributed by atoms with Crippen LogP contribution in [-0.2, 0) is 76.7 Å². The number of likely N-dealkylation sites (N-methyl/N-ethyl adjacent to an activating group) is 2. The molecule has 14 amide bonds. The third-order valence-corrected chi connectivity index (χ3v) is 20.5. The minimum Gasteiger partial charge on any atom is -0.458 e. The van der Waals surface area contributed by atoms with Crippen LogP contribution in [0.2, 0.25) is 0 Å². The number of unbranched alkanes of at least 4 members (excludes halogenated alkanes) is 8. The fourth-order valence-corrected chi connectivity index (χ4v) is 13.4. The van der Waals surface area contributed by atoms with Gasteiger partial charge in [0.1, 0.15) is 84.3 Å². The Morgan fingerprint density at radius 3 is 1.71 bits per heavy atom. The summed E-state index contributed by atoms with van der Waals surface area (Å²) in [4.78, 5) is 221. The molecule has 0 saturated carbocycles. The second kappa shape index (κ2) is 47.5. The van der Waals surface area contributed by atoms with E-state index >= 15 is 4.79 Å². The maximum atomic E-state index is 15.0. The summed E-state index contributed by atoms with van der Waals surface area (Å²) >= 11 is 0. The molecule has 0 unspecified atom stereocenters. The third kappa shape index (κ3) is 28.8. The van der Waals surface area contributed by atoms with Gasteiger partial charge in [-0.25, -0.2) is 4.79 Å². The molecule has 3 saturated heterocycles. The SMILES string of the molecule is C/C=C(\NC(=O)[C@@H](C)NC(=O)[C@H](NC(=O)[C@H](NC(=O)CNC(=O)[C@H]([C@H](C)O)N(C)C(=O)[C@@H]1CCCN1C(=O)CCCCCCCCCCC)C(C)C)C(C)C)C(=O)N[C@H]1C(=O)N[C@H](C(C)C)C(=O)N[C@@H](C(C)C)C(=O)N[C@H]([C@H](C)O)C(=O)N[C@@H](CO)C(=O)N[C@H]([C@H](C)CC)C(=O)N[C@@H]([C@@H]2CCNC(=NC)N2C)C(=O)O[C@@H]1C. The van der Waals surface area contributed by atoms with E-state index in [-0.39, 0.29) is 31.7 Å². The van der Waals surface area contributed by atoms with E-state index in [4.69, 9.17) is 4.74 Å². The molecule has 3 aliphatic heterocycles. The summed E-state index contributed by atoms with van der Waals surface area (Å²) in [5, 5.41) is 65.4. The van der Waals surface area contributed by atoms with E-state index in [2.05, 4.69) is 81.0 Å². The standard InChI is InChI=1S/C76H131N17O19/c1-20-23-24-25-26-27-28-29-30-33-53(98)93-36-31-32-51(93)74(110)92(19)62(46(15)96)73(109)79-37-52(97)83-54(39(4)5)67(103)84-55(40(6)7)66(102)80-44(13)63(99)81-48(22-3)64(100)89-60-47(16)112-75(111)61(50-34-35-78-76(77-17)91(50)18)90-70(106)58(43(12)21-2)87-65(101)49(38-94)82-71(107)59(45(14)95)88-69(105)57(42(10)11)85-68(104)56(41(8)9)86-72(60)108/h22,39-47,49-51,54-62,94-96H,20-21,23-38H2,1-19H3,(H,77,78)(H,79,109)(H,80,102)(H,81,99)(H,82,107)(H,83,97)(H,84,103)(H,85,104)(H,86,108)(H,87,101)(H,88,105)(H,89,100)(H,90,106)/b48-22-/t43-,44-,45+,46+,47-,49+,50+,51+,54-,55-,56-,57+,58-,59-,60-,61+,62+/m1/s1. The lowest BCUT2D eigenvalue weighted by Crippen LogP contribution is -2.66. The zero-order valence-electron chi connectivity index (χ0n) is 69.1. The maximum absolute atomic E-state index is 15.0. The van der Waals surface area contributed by atoms with Crippen LogP contribution in [0.15, 0.2) is 16.8 Å². The van der Waals surface area contributed by atoms with Crippen molar-refractivity contribution in [3.8, 4) is 0 Å². The van der Waals surface area contributed by atoms with Gasteiger partial charge in [-0.3, -0.25) is 72.1 Å². The number of hydrogen-bond acceptors (Lipinski definition) is 20. The van der Waals surface area contributed by atoms with Gasteiger partial charge in [-0.2, -0.15) is 0 Å². The summed E-state index contributed by atoms with van der Waals surface area (Å²) < 4.78 is 6.06. The van der Waals surface area contributed by atoms with Crippen LogP contribution >= 0.6 is 0 Å². The lowest BCUT2D eigenvalue weighted by Gasteiger charge is -2.40. The second-order valence-electron chi connectivity index (χ2n) is 30.9. The minimum atomic E-state index is -1.98. The number of aliphatic hydroxyl groups excluding tert-OH is 3. The molecule has 0 radical (unpaired) electrons. The number of rotatable bonds is 34. The molecule has 112 heavy (non-hydrogen) atoms. The zero-order valence-corrected chi connectivity index (χ0v) is 69.1. The van der Waals surface area contributed by atoms with Gasteiger partial charge in [0.2, 0.25) is 76.8 Å². The maximum Gasteiger partial charge on any atom is 0.331 e. The molecule has 3 heterocycles. The average Bonchev–Trinajstić information content (AvgIpc) is 1.12. The van der Waals surface area contributed by atoms with Crippen molar-refractivity contribution >= 4 is 94.6 Å². The number of nitrogens with zero attached hydrogens (tertiary/aromatic N) is 4. The molecule has 0 aliphatic carbocycles. The highest BCUT2D eigenvalue weighted by Gasteiger charge is 2.45. The first-order valence-electron chi connectivity index (χ1n) is 39.6. The van der Waals surface area contributed by atoms with Crippen molar-refractivity contribution in [2.75, 3.05) is 47.4 Å². The Hall–Kier alpha value is -9.06. The van der Waals surface area contributed by atoms with Crippen LogP contribution in [0.25, 0.3) is 0 Å². The summed E-state index contributed by atoms with van der Waals surface area (Å²) in [5.74, 6) is -17.0. The number of carbonyl (C=O) groups excluding carboxylic acids is 15. The van der Waals surface area contributed by atoms with E-state index in [1.807, 2.05) is 0 Å². The second-order valence-corrected chi connectivity index (χ2v) is 30.9. The molecule has 3 fully saturated rings. The Morgan fingerprint density at radius 2 is 1.18 bits per heavy atom. The number of nitrogens with one attached hydrogen (secondary N) is 13. The number of carbonyl (C=O) groups is 15. The average molecular weight is 1590 g/mol. The van der Waals surface area contributed by atoms with E-state index in [0.29, 0.717) is 31.8 Å². The fraction of sp³-hybridized carbons (Fsp3) is 0.763. The zero-order chi connectivity index (χ0) is 84.7. The summed E-state index contributed by atoms with van der Waals surface area (Å²) in [6.45, 7) is 23.2. The van der Waals surface area contributed by atoms with Crippen LogP contribution in [0.4, 0.5) is 0 Å². The molecule has 17 atom stereocenters. The molecule has 0 aromatic rings. The van der Waals surface area contributed by atoms with E-state index in [9.17, 15) is 82.4 Å². The Bertz CT molecular complexity index is 3290. The van der Waals surface area contributed by atoms with Gasteiger partial charge < -0.3 is 104 Å². The van der Waals surface area contributed by atoms with Gasteiger partial charge >= 0.3 is 5.97 Å². The highest BCUT2D eigenvalue weighted by Crippen LogP contribution is 2.24. The molecule has 36 heteroatoms. The first-order chi connectivity index (χ1) is 52.6. The summed E-state index contributed by atoms with van der Waals surface area (Å²) in [5.41, 5.74) is -0.524. The molecule has 3 rings (SSSR count). The lowest BCUT2D eigenvalue weighted by molar-refractivity contribution is -0.157. The monoisotopic (exact) mass is 1590 g/mol. The first-order valence-corrected chi connectivity index (χ1v) is 39.6. The van der Waals surface area contributed by atoms with Crippen LogP contribution in [0, 0.1) is 29.6 Å². The van der Waals surface area contributed by atoms with Crippen LogP contribution in [0.1, 0.15) is 201 Å². The van der Waals surface area contributed by atoms with Gasteiger partial charge in [-0.05, 0) is 89.9 Å². The van der Waals surface area contributed by atoms with Crippen molar-refractivity contribution in [1.29, 1.82) is 0 Å². The van der Waals surface area contributed by atoms with Crippen molar-refractivity contribution in [1.82, 2.24) is 83.8 Å². The molecule has 36 nitrogen and oxygen atoms in total. The highest BCUT2D eigenvalue weighted by atomic mass is 16.5. The summed E-state index contributed by atoms with van der Waals surface area (Å²) in [6.07, 6.45) is 7.66. The normalized spacial score (nSPS) is 24.5. The van der Waals surface area contributed by atoms with Gasteiger partial charge in [-0.1, -0.05) is 140 Å². The van der Waals surface area contributed by atoms with E-state index in [1.54, 1.807) is 67.3 Å². The van der Waals surface area contributed by atoms with E-state index in [0.717, 1.165) is 43.6 Å². The molecular weight excluding hydrogens is 1450 g/mol. The Kier molecular flexibility index (Phi) is 41.2. The van der Waals surface area contributed by atoms with Gasteiger partial charge in [0.15, 0.2) is 5.96 Å². The van der Waals surface area contributed by atoms with Crippen molar-refractivity contribution in [2.24, 2.45) is 34.6 Å². The van der Waals surface area contributed by atoms with Crippen LogP contribution in [0.3, 0.4) is 0 Å². The highest BCUT2D eigenvalue weighted by molar-refractivity contribution is 6.03. The number of guanidine groups is 1. The van der Waals surface area contributed by atoms with Gasteiger partial charge in [0, 0.05) is 40.7 Å². The number of cyclic esters (lactones) is 1. The largest absolute Gasteiger partial charge is 0.458 e.